The minimum Gasteiger partial charge on any atom is -0.497 e. The van der Waals surface area contributed by atoms with Crippen LogP contribution in [0.5, 0.6) is 5.75 Å². The normalized spacial score (nSPS) is 11.5. The Morgan fingerprint density at radius 3 is 2.36 bits per heavy atom. The van der Waals surface area contributed by atoms with Crippen molar-refractivity contribution < 1.29 is 22.3 Å². The predicted octanol–water partition coefficient (Wildman–Crippen LogP) is 3.16. The molecule has 174 valence electrons. The van der Waals surface area contributed by atoms with Gasteiger partial charge < -0.3 is 9.30 Å². The monoisotopic (exact) mass is 472 g/mol. The first-order valence-electron chi connectivity index (χ1n) is 9.98. The third-order valence-corrected chi connectivity index (χ3v) is 6.14. The lowest BCUT2D eigenvalue weighted by Gasteiger charge is -2.21. The predicted molar refractivity (Wildman–Crippen MR) is 126 cm³/mol. The fraction of sp³-hybridized carbons (Fsp3) is 0.217. The van der Waals surface area contributed by atoms with Crippen molar-refractivity contribution in [3.05, 3.63) is 77.4 Å². The van der Waals surface area contributed by atoms with Crippen LogP contribution in [0, 0.1) is 19.7 Å². The molecule has 3 aromatic rings. The molecule has 2 aromatic carbocycles. The summed E-state index contributed by atoms with van der Waals surface area (Å²) in [6, 6.07) is 14.3. The number of hydrogen-bond acceptors (Lipinski definition) is 5. The Morgan fingerprint density at radius 1 is 1.15 bits per heavy atom. The Labute approximate surface area is 192 Å². The van der Waals surface area contributed by atoms with Gasteiger partial charge in [-0.05, 0) is 68.4 Å². The van der Waals surface area contributed by atoms with Crippen LogP contribution in [0.2, 0.25) is 0 Å². The molecule has 0 aliphatic heterocycles. The number of carbonyl (C=O) groups is 1. The summed E-state index contributed by atoms with van der Waals surface area (Å²) in [6.07, 6.45) is 2.51. The molecule has 0 aliphatic rings. The zero-order chi connectivity index (χ0) is 24.2. The summed E-state index contributed by atoms with van der Waals surface area (Å²) in [5.74, 6) is -0.345. The maximum absolute atomic E-state index is 13.2. The van der Waals surface area contributed by atoms with Crippen molar-refractivity contribution in [2.45, 2.75) is 13.8 Å². The molecule has 10 heteroatoms. The lowest BCUT2D eigenvalue weighted by molar-refractivity contribution is -0.119. The van der Waals surface area contributed by atoms with Crippen LogP contribution in [-0.4, -0.2) is 45.0 Å². The summed E-state index contributed by atoms with van der Waals surface area (Å²) in [6.45, 7) is 3.36. The highest BCUT2D eigenvalue weighted by molar-refractivity contribution is 7.92. The third kappa shape index (κ3) is 5.78. The van der Waals surface area contributed by atoms with E-state index in [1.807, 2.05) is 24.5 Å². The van der Waals surface area contributed by atoms with Gasteiger partial charge in [-0.25, -0.2) is 18.2 Å². The van der Waals surface area contributed by atoms with Gasteiger partial charge in [0.25, 0.3) is 5.91 Å². The topological polar surface area (TPSA) is 93.0 Å². The highest BCUT2D eigenvalue weighted by Crippen LogP contribution is 2.22. The number of benzene rings is 2. The van der Waals surface area contributed by atoms with E-state index in [0.29, 0.717) is 11.4 Å². The molecule has 0 atom stereocenters. The van der Waals surface area contributed by atoms with Crippen LogP contribution in [-0.2, 0) is 14.8 Å². The minimum absolute atomic E-state index is 0.316. The summed E-state index contributed by atoms with van der Waals surface area (Å²) >= 11 is 0. The number of sulfonamides is 1. The Kier molecular flexibility index (Phi) is 7.17. The van der Waals surface area contributed by atoms with Crippen LogP contribution >= 0.6 is 0 Å². The maximum atomic E-state index is 13.2. The average Bonchev–Trinajstić information content (AvgIpc) is 3.05. The van der Waals surface area contributed by atoms with Gasteiger partial charge in [-0.1, -0.05) is 0 Å². The SMILES string of the molecule is COc1ccc(N(CC(=O)N/N=C/c2cc(C)n(-c3ccc(F)cc3)c2C)S(C)(=O)=O)cc1. The van der Waals surface area contributed by atoms with E-state index in [-0.39, 0.29) is 5.82 Å². The largest absolute Gasteiger partial charge is 0.497 e. The number of carbonyl (C=O) groups excluding carboxylic acids is 1. The molecule has 1 amide bonds. The van der Waals surface area contributed by atoms with Gasteiger partial charge >= 0.3 is 0 Å². The average molecular weight is 473 g/mol. The van der Waals surface area contributed by atoms with Gasteiger partial charge in [-0.3, -0.25) is 9.10 Å². The first-order chi connectivity index (χ1) is 15.6. The number of amides is 1. The quantitative estimate of drug-likeness (QED) is 0.403. The summed E-state index contributed by atoms with van der Waals surface area (Å²) < 4.78 is 45.7. The van der Waals surface area contributed by atoms with Gasteiger partial charge in [0.1, 0.15) is 18.1 Å². The first-order valence-corrected chi connectivity index (χ1v) is 11.8. The van der Waals surface area contributed by atoms with Crippen molar-refractivity contribution in [2.75, 3.05) is 24.2 Å². The van der Waals surface area contributed by atoms with E-state index >= 15 is 0 Å². The lowest BCUT2D eigenvalue weighted by Crippen LogP contribution is -2.39. The van der Waals surface area contributed by atoms with E-state index in [1.54, 1.807) is 36.4 Å². The highest BCUT2D eigenvalue weighted by atomic mass is 32.2. The lowest BCUT2D eigenvalue weighted by atomic mass is 10.2. The van der Waals surface area contributed by atoms with Crippen molar-refractivity contribution >= 4 is 27.8 Å². The van der Waals surface area contributed by atoms with Gasteiger partial charge in [0.15, 0.2) is 0 Å². The van der Waals surface area contributed by atoms with Gasteiger partial charge in [0, 0.05) is 22.6 Å². The molecule has 33 heavy (non-hydrogen) atoms. The molecule has 0 unspecified atom stereocenters. The number of hydrogen-bond donors (Lipinski definition) is 1. The standard InChI is InChI=1S/C23H25FN4O4S/c1-16-13-18(17(2)28(16)21-7-5-19(24)6-8-21)14-25-26-23(29)15-27(33(4,30)31)20-9-11-22(32-3)12-10-20/h5-14H,15H2,1-4H3,(H,26,29)/b25-14+. The van der Waals surface area contributed by atoms with Crippen LogP contribution in [0.1, 0.15) is 17.0 Å². The van der Waals surface area contributed by atoms with E-state index in [2.05, 4.69) is 10.5 Å². The van der Waals surface area contributed by atoms with Crippen LogP contribution in [0.25, 0.3) is 5.69 Å². The molecule has 0 saturated heterocycles. The summed E-state index contributed by atoms with van der Waals surface area (Å²) in [5, 5.41) is 3.98. The number of aryl methyl sites for hydroxylation is 1. The van der Waals surface area contributed by atoms with E-state index in [9.17, 15) is 17.6 Å². The van der Waals surface area contributed by atoms with E-state index in [4.69, 9.17) is 4.74 Å². The van der Waals surface area contributed by atoms with E-state index in [1.165, 1.54) is 25.5 Å². The van der Waals surface area contributed by atoms with Gasteiger partial charge in [0.05, 0.1) is 25.3 Å². The van der Waals surface area contributed by atoms with Crippen LogP contribution in [0.15, 0.2) is 59.7 Å². The number of anilines is 1. The molecule has 1 N–H and O–H groups in total. The van der Waals surface area contributed by atoms with Crippen molar-refractivity contribution in [2.24, 2.45) is 5.10 Å². The van der Waals surface area contributed by atoms with Gasteiger partial charge in [0.2, 0.25) is 10.0 Å². The first kappa shape index (κ1) is 24.0. The fourth-order valence-corrected chi connectivity index (χ4v) is 4.25. The second-order valence-electron chi connectivity index (χ2n) is 7.40. The Morgan fingerprint density at radius 2 is 1.79 bits per heavy atom. The van der Waals surface area contributed by atoms with Crippen molar-refractivity contribution in [1.29, 1.82) is 0 Å². The minimum atomic E-state index is -3.70. The number of methoxy groups -OCH3 is 1. The zero-order valence-corrected chi connectivity index (χ0v) is 19.6. The number of nitrogens with one attached hydrogen (secondary N) is 1. The third-order valence-electron chi connectivity index (χ3n) is 5.00. The molecule has 1 heterocycles. The molecule has 0 fully saturated rings. The maximum Gasteiger partial charge on any atom is 0.260 e. The summed E-state index contributed by atoms with van der Waals surface area (Å²) in [7, 11) is -2.20. The van der Waals surface area contributed by atoms with Crippen molar-refractivity contribution in [1.82, 2.24) is 9.99 Å². The van der Waals surface area contributed by atoms with Crippen LogP contribution in [0.4, 0.5) is 10.1 Å². The van der Waals surface area contributed by atoms with E-state index in [0.717, 1.165) is 33.2 Å². The van der Waals surface area contributed by atoms with Gasteiger partial charge in [-0.2, -0.15) is 5.10 Å². The number of rotatable bonds is 8. The molecule has 8 nitrogen and oxygen atoms in total. The number of halogens is 1. The summed E-state index contributed by atoms with van der Waals surface area (Å²) in [4.78, 5) is 12.4. The number of hydrazone groups is 1. The van der Waals surface area contributed by atoms with Crippen molar-refractivity contribution in [3.8, 4) is 11.4 Å². The molecule has 0 bridgehead atoms. The molecule has 0 spiro atoms. The number of aromatic nitrogens is 1. The zero-order valence-electron chi connectivity index (χ0n) is 18.7. The number of nitrogens with zero attached hydrogens (tertiary/aromatic N) is 3. The molecule has 1 aromatic heterocycles. The molecule has 0 radical (unpaired) electrons. The molecule has 0 saturated carbocycles. The Balaban J connectivity index is 1.72. The van der Waals surface area contributed by atoms with E-state index < -0.39 is 22.5 Å². The Hall–Kier alpha value is -3.66. The summed E-state index contributed by atoms with van der Waals surface area (Å²) in [5.41, 5.74) is 6.03. The second-order valence-corrected chi connectivity index (χ2v) is 9.31. The molecule has 3 rings (SSSR count). The van der Waals surface area contributed by atoms with Crippen molar-refractivity contribution in [3.63, 3.8) is 0 Å². The molecular formula is C23H25FN4O4S. The molecule has 0 aliphatic carbocycles. The molecular weight excluding hydrogens is 447 g/mol. The van der Waals surface area contributed by atoms with Gasteiger partial charge in [-0.15, -0.1) is 0 Å². The highest BCUT2D eigenvalue weighted by Gasteiger charge is 2.20. The number of ether oxygens (including phenoxy) is 1. The Bertz CT molecular complexity index is 1270. The smallest absolute Gasteiger partial charge is 0.260 e. The van der Waals surface area contributed by atoms with Crippen LogP contribution in [0.3, 0.4) is 0 Å². The fourth-order valence-electron chi connectivity index (χ4n) is 3.39. The van der Waals surface area contributed by atoms with Crippen LogP contribution < -0.4 is 14.5 Å². The second kappa shape index (κ2) is 9.86.